The Hall–Kier alpha value is -2.91. The number of esters is 1. The number of aryl methyl sites for hydroxylation is 2. The van der Waals surface area contributed by atoms with Crippen molar-refractivity contribution in [1.82, 2.24) is 0 Å². The summed E-state index contributed by atoms with van der Waals surface area (Å²) < 4.78 is 10.1. The van der Waals surface area contributed by atoms with Crippen LogP contribution in [0.5, 0.6) is 0 Å². The van der Waals surface area contributed by atoms with Gasteiger partial charge >= 0.3 is 5.97 Å². The quantitative estimate of drug-likeness (QED) is 0.477. The molecule has 2 aromatic rings. The SMILES string of the molecule is COCCOC(=O)c1c(NC(=O)CN2CCCc3cc(C)ccc32)sc(C(N)=O)c1C. The number of ether oxygens (including phenoxy) is 2. The predicted octanol–water partition coefficient (Wildman–Crippen LogP) is 2.66. The minimum Gasteiger partial charge on any atom is -0.460 e. The van der Waals surface area contributed by atoms with E-state index in [0.717, 1.165) is 36.4 Å². The van der Waals surface area contributed by atoms with Crippen LogP contribution >= 0.6 is 11.3 Å². The molecule has 0 fully saturated rings. The summed E-state index contributed by atoms with van der Waals surface area (Å²) in [5, 5.41) is 3.05. The van der Waals surface area contributed by atoms with Crippen LogP contribution in [0.25, 0.3) is 0 Å². The molecule has 0 unspecified atom stereocenters. The molecule has 3 rings (SSSR count). The molecule has 1 aromatic carbocycles. The van der Waals surface area contributed by atoms with Gasteiger partial charge in [0.25, 0.3) is 5.91 Å². The number of nitrogens with one attached hydrogen (secondary N) is 1. The Labute approximate surface area is 185 Å². The molecule has 166 valence electrons. The molecule has 0 bridgehead atoms. The second-order valence-corrected chi connectivity index (χ2v) is 8.48. The maximum Gasteiger partial charge on any atom is 0.341 e. The van der Waals surface area contributed by atoms with E-state index in [0.29, 0.717) is 5.56 Å². The highest BCUT2D eigenvalue weighted by atomic mass is 32.1. The second kappa shape index (κ2) is 9.93. The molecule has 2 heterocycles. The molecule has 0 radical (unpaired) electrons. The lowest BCUT2D eigenvalue weighted by Crippen LogP contribution is -2.36. The molecule has 1 aromatic heterocycles. The summed E-state index contributed by atoms with van der Waals surface area (Å²) in [6.45, 7) is 4.88. The zero-order valence-electron chi connectivity index (χ0n) is 17.9. The van der Waals surface area contributed by atoms with Crippen molar-refractivity contribution in [3.8, 4) is 0 Å². The van der Waals surface area contributed by atoms with Crippen molar-refractivity contribution in [3.05, 3.63) is 45.3 Å². The van der Waals surface area contributed by atoms with Gasteiger partial charge < -0.3 is 25.4 Å². The number of methoxy groups -OCH3 is 1. The second-order valence-electron chi connectivity index (χ2n) is 7.46. The lowest BCUT2D eigenvalue weighted by atomic mass is 9.99. The normalized spacial score (nSPS) is 12.9. The molecule has 0 saturated heterocycles. The van der Waals surface area contributed by atoms with E-state index in [1.54, 1.807) is 6.92 Å². The van der Waals surface area contributed by atoms with Crippen LogP contribution in [0, 0.1) is 13.8 Å². The third kappa shape index (κ3) is 5.23. The number of hydrogen-bond donors (Lipinski definition) is 2. The first-order chi connectivity index (χ1) is 14.8. The van der Waals surface area contributed by atoms with Gasteiger partial charge in [-0.15, -0.1) is 11.3 Å². The molecule has 1 aliphatic rings. The van der Waals surface area contributed by atoms with E-state index in [9.17, 15) is 14.4 Å². The van der Waals surface area contributed by atoms with E-state index in [-0.39, 0.29) is 41.1 Å². The Bertz CT molecular complexity index is 1000. The predicted molar refractivity (Wildman–Crippen MR) is 120 cm³/mol. The number of carbonyl (C=O) groups excluding carboxylic acids is 3. The number of nitrogens with zero attached hydrogens (tertiary/aromatic N) is 1. The minimum atomic E-state index is -0.658. The van der Waals surface area contributed by atoms with Crippen molar-refractivity contribution in [2.24, 2.45) is 5.73 Å². The maximum atomic E-state index is 12.8. The largest absolute Gasteiger partial charge is 0.460 e. The molecule has 9 heteroatoms. The summed E-state index contributed by atoms with van der Waals surface area (Å²) in [5.74, 6) is -1.57. The summed E-state index contributed by atoms with van der Waals surface area (Å²) in [7, 11) is 1.50. The fourth-order valence-electron chi connectivity index (χ4n) is 3.68. The van der Waals surface area contributed by atoms with Crippen molar-refractivity contribution in [2.45, 2.75) is 26.7 Å². The Morgan fingerprint density at radius 2 is 2.00 bits per heavy atom. The Morgan fingerprint density at radius 3 is 2.71 bits per heavy atom. The van der Waals surface area contributed by atoms with E-state index in [4.69, 9.17) is 15.2 Å². The first-order valence-corrected chi connectivity index (χ1v) is 10.9. The standard InChI is InChI=1S/C22H27N3O5S/c1-13-6-7-16-15(11-13)5-4-8-25(16)12-17(26)24-21-18(22(28)30-10-9-29-3)14(2)19(31-21)20(23)27/h6-7,11H,4-5,8-10,12H2,1-3H3,(H2,23,27)(H,24,26). The summed E-state index contributed by atoms with van der Waals surface area (Å²) in [6.07, 6.45) is 1.95. The van der Waals surface area contributed by atoms with E-state index in [1.165, 1.54) is 18.2 Å². The van der Waals surface area contributed by atoms with Gasteiger partial charge in [0, 0.05) is 19.3 Å². The van der Waals surface area contributed by atoms with Gasteiger partial charge in [0.15, 0.2) is 0 Å². The van der Waals surface area contributed by atoms with Crippen molar-refractivity contribution in [3.63, 3.8) is 0 Å². The van der Waals surface area contributed by atoms with Gasteiger partial charge in [-0.05, 0) is 43.9 Å². The minimum absolute atomic E-state index is 0.0634. The van der Waals surface area contributed by atoms with E-state index >= 15 is 0 Å². The molecule has 1 aliphatic heterocycles. The topological polar surface area (TPSA) is 111 Å². The highest BCUT2D eigenvalue weighted by Gasteiger charge is 2.27. The first kappa shape index (κ1) is 22.8. The van der Waals surface area contributed by atoms with Gasteiger partial charge in [-0.3, -0.25) is 9.59 Å². The molecular formula is C22H27N3O5S. The molecule has 2 amide bonds. The van der Waals surface area contributed by atoms with Crippen molar-refractivity contribution in [2.75, 3.05) is 43.6 Å². The highest BCUT2D eigenvalue weighted by molar-refractivity contribution is 7.18. The zero-order chi connectivity index (χ0) is 22.5. The Balaban J connectivity index is 1.79. The molecular weight excluding hydrogens is 418 g/mol. The Morgan fingerprint density at radius 1 is 1.23 bits per heavy atom. The van der Waals surface area contributed by atoms with Gasteiger partial charge in [-0.25, -0.2) is 4.79 Å². The van der Waals surface area contributed by atoms with Crippen LogP contribution in [-0.2, 0) is 20.7 Å². The highest BCUT2D eigenvalue weighted by Crippen LogP contribution is 2.34. The van der Waals surface area contributed by atoms with Crippen LogP contribution < -0.4 is 16.0 Å². The maximum absolute atomic E-state index is 12.8. The van der Waals surface area contributed by atoms with E-state index in [2.05, 4.69) is 18.3 Å². The summed E-state index contributed by atoms with van der Waals surface area (Å²) in [4.78, 5) is 39.4. The number of rotatable bonds is 8. The van der Waals surface area contributed by atoms with Crippen LogP contribution in [-0.4, -0.2) is 51.2 Å². The van der Waals surface area contributed by atoms with E-state index in [1.807, 2.05) is 17.0 Å². The number of anilines is 2. The first-order valence-electron chi connectivity index (χ1n) is 10.1. The molecule has 31 heavy (non-hydrogen) atoms. The fraction of sp³-hybridized carbons (Fsp3) is 0.409. The van der Waals surface area contributed by atoms with Gasteiger partial charge in [-0.1, -0.05) is 17.7 Å². The van der Waals surface area contributed by atoms with Gasteiger partial charge in [0.2, 0.25) is 5.91 Å². The lowest BCUT2D eigenvalue weighted by Gasteiger charge is -2.31. The monoisotopic (exact) mass is 445 g/mol. The number of hydrogen-bond acceptors (Lipinski definition) is 7. The number of benzene rings is 1. The Kier molecular flexibility index (Phi) is 7.29. The average molecular weight is 446 g/mol. The smallest absolute Gasteiger partial charge is 0.341 e. The summed E-state index contributed by atoms with van der Waals surface area (Å²) >= 11 is 0.983. The number of amides is 2. The van der Waals surface area contributed by atoms with Crippen LogP contribution in [0.15, 0.2) is 18.2 Å². The number of carbonyl (C=O) groups is 3. The molecule has 0 spiro atoms. The van der Waals surface area contributed by atoms with Crippen molar-refractivity contribution < 1.29 is 23.9 Å². The molecule has 0 atom stereocenters. The van der Waals surface area contributed by atoms with Gasteiger partial charge in [-0.2, -0.15) is 0 Å². The van der Waals surface area contributed by atoms with Gasteiger partial charge in [0.05, 0.1) is 23.6 Å². The number of fused-ring (bicyclic) bond motifs is 1. The molecule has 8 nitrogen and oxygen atoms in total. The van der Waals surface area contributed by atoms with Crippen LogP contribution in [0.1, 0.15) is 43.1 Å². The van der Waals surface area contributed by atoms with E-state index < -0.39 is 11.9 Å². The number of thiophene rings is 1. The summed E-state index contributed by atoms with van der Waals surface area (Å²) in [5.41, 5.74) is 9.45. The van der Waals surface area contributed by atoms with Crippen LogP contribution in [0.3, 0.4) is 0 Å². The molecule has 0 saturated carbocycles. The lowest BCUT2D eigenvalue weighted by molar-refractivity contribution is -0.115. The number of nitrogens with two attached hydrogens (primary N) is 1. The molecule has 3 N–H and O–H groups in total. The van der Waals surface area contributed by atoms with Crippen LogP contribution in [0.4, 0.5) is 10.7 Å². The third-order valence-electron chi connectivity index (χ3n) is 5.13. The van der Waals surface area contributed by atoms with Gasteiger partial charge in [0.1, 0.15) is 11.6 Å². The average Bonchev–Trinajstić information content (AvgIpc) is 3.04. The van der Waals surface area contributed by atoms with Crippen molar-refractivity contribution >= 4 is 39.8 Å². The summed E-state index contributed by atoms with van der Waals surface area (Å²) in [6, 6.07) is 6.22. The fourth-order valence-corrected chi connectivity index (χ4v) is 4.74. The number of primary amides is 1. The molecule has 0 aliphatic carbocycles. The van der Waals surface area contributed by atoms with Crippen LogP contribution in [0.2, 0.25) is 0 Å². The third-order valence-corrected chi connectivity index (χ3v) is 6.35. The zero-order valence-corrected chi connectivity index (χ0v) is 18.8. The van der Waals surface area contributed by atoms with Crippen molar-refractivity contribution in [1.29, 1.82) is 0 Å².